The summed E-state index contributed by atoms with van der Waals surface area (Å²) in [6.07, 6.45) is 0. The first kappa shape index (κ1) is 18.4. The average Bonchev–Trinajstić information content (AvgIpc) is 3.10. The number of nitrogens with one attached hydrogen (secondary N) is 1. The predicted molar refractivity (Wildman–Crippen MR) is 101 cm³/mol. The van der Waals surface area contributed by atoms with Gasteiger partial charge in [-0.1, -0.05) is 15.9 Å². The molecular weight excluding hydrogens is 421 g/mol. The van der Waals surface area contributed by atoms with E-state index in [9.17, 15) is 14.0 Å². The van der Waals surface area contributed by atoms with Gasteiger partial charge in [0.25, 0.3) is 5.91 Å². The summed E-state index contributed by atoms with van der Waals surface area (Å²) in [5, 5.41) is 11.6. The summed E-state index contributed by atoms with van der Waals surface area (Å²) in [5.41, 5.74) is 1.23. The summed E-state index contributed by atoms with van der Waals surface area (Å²) in [7, 11) is 0. The van der Waals surface area contributed by atoms with Crippen LogP contribution in [-0.4, -0.2) is 34.4 Å². The first-order chi connectivity index (χ1) is 12.5. The van der Waals surface area contributed by atoms with E-state index >= 15 is 0 Å². The van der Waals surface area contributed by atoms with Crippen LogP contribution in [0.15, 0.2) is 46.9 Å². The number of benzene rings is 2. The van der Waals surface area contributed by atoms with Crippen molar-refractivity contribution < 1.29 is 14.0 Å². The Labute approximate surface area is 162 Å². The van der Waals surface area contributed by atoms with E-state index in [0.29, 0.717) is 27.4 Å². The van der Waals surface area contributed by atoms with Gasteiger partial charge in [-0.25, -0.2) is 4.39 Å². The Kier molecular flexibility index (Phi) is 5.59. The van der Waals surface area contributed by atoms with E-state index in [4.69, 9.17) is 5.26 Å². The molecule has 1 aliphatic rings. The molecule has 0 spiro atoms. The molecule has 0 aliphatic carbocycles. The normalized spacial score (nSPS) is 16.2. The molecule has 3 rings (SSSR count). The molecule has 5 nitrogen and oxygen atoms in total. The number of nitriles is 1. The highest BCUT2D eigenvalue weighted by molar-refractivity contribution is 9.10. The number of carbonyl (C=O) groups excluding carboxylic acids is 2. The Balaban J connectivity index is 1.75. The first-order valence-corrected chi connectivity index (χ1v) is 9.58. The smallest absolute Gasteiger partial charge is 0.255 e. The van der Waals surface area contributed by atoms with Crippen LogP contribution in [0.5, 0.6) is 0 Å². The van der Waals surface area contributed by atoms with Crippen molar-refractivity contribution in [2.24, 2.45) is 0 Å². The van der Waals surface area contributed by atoms with Gasteiger partial charge >= 0.3 is 0 Å². The molecule has 1 saturated heterocycles. The molecule has 2 amide bonds. The Morgan fingerprint density at radius 3 is 2.65 bits per heavy atom. The molecule has 1 atom stereocenters. The van der Waals surface area contributed by atoms with Crippen molar-refractivity contribution in [1.82, 2.24) is 4.90 Å². The van der Waals surface area contributed by atoms with Crippen LogP contribution in [-0.2, 0) is 4.79 Å². The van der Waals surface area contributed by atoms with E-state index in [1.54, 1.807) is 24.3 Å². The second kappa shape index (κ2) is 7.89. The maximum absolute atomic E-state index is 13.6. The lowest BCUT2D eigenvalue weighted by molar-refractivity contribution is -0.119. The Bertz CT molecular complexity index is 878. The lowest BCUT2D eigenvalue weighted by Crippen LogP contribution is -2.44. The molecule has 1 N–H and O–H groups in total. The first-order valence-electron chi connectivity index (χ1n) is 7.64. The summed E-state index contributed by atoms with van der Waals surface area (Å²) < 4.78 is 14.0. The number of hydrogen-bond acceptors (Lipinski definition) is 4. The molecule has 1 heterocycles. The van der Waals surface area contributed by atoms with Crippen molar-refractivity contribution in [3.63, 3.8) is 0 Å². The number of carbonyl (C=O) groups is 2. The predicted octanol–water partition coefficient (Wildman–Crippen LogP) is 3.61. The summed E-state index contributed by atoms with van der Waals surface area (Å²) in [6.45, 7) is 0. The van der Waals surface area contributed by atoms with E-state index in [0.717, 1.165) is 6.07 Å². The summed E-state index contributed by atoms with van der Waals surface area (Å²) in [4.78, 5) is 26.7. The van der Waals surface area contributed by atoms with E-state index in [-0.39, 0.29) is 11.5 Å². The number of rotatable bonds is 3. The third-order valence-electron chi connectivity index (χ3n) is 3.84. The van der Waals surface area contributed by atoms with Gasteiger partial charge in [0.05, 0.1) is 17.5 Å². The molecule has 0 bridgehead atoms. The average molecular weight is 434 g/mol. The van der Waals surface area contributed by atoms with E-state index in [2.05, 4.69) is 21.2 Å². The standard InChI is InChI=1S/C18H13BrFN3O2S/c19-13-5-12(6-14(20)7-13)18(25)23-10-26-9-16(23)17(24)22-15-3-1-11(8-21)2-4-15/h1-7,16H,9-10H2,(H,22,24). The zero-order valence-corrected chi connectivity index (χ0v) is 15.8. The van der Waals surface area contributed by atoms with Gasteiger partial charge in [0.2, 0.25) is 5.91 Å². The Hall–Kier alpha value is -2.37. The largest absolute Gasteiger partial charge is 0.324 e. The topological polar surface area (TPSA) is 73.2 Å². The lowest BCUT2D eigenvalue weighted by atomic mass is 10.1. The highest BCUT2D eigenvalue weighted by atomic mass is 79.9. The van der Waals surface area contributed by atoms with Crippen molar-refractivity contribution in [2.45, 2.75) is 6.04 Å². The zero-order chi connectivity index (χ0) is 18.7. The summed E-state index contributed by atoms with van der Waals surface area (Å²) >= 11 is 4.63. The number of anilines is 1. The minimum Gasteiger partial charge on any atom is -0.324 e. The van der Waals surface area contributed by atoms with Gasteiger partial charge in [-0.2, -0.15) is 5.26 Å². The Morgan fingerprint density at radius 1 is 1.27 bits per heavy atom. The van der Waals surface area contributed by atoms with Gasteiger partial charge in [-0.15, -0.1) is 11.8 Å². The van der Waals surface area contributed by atoms with Crippen molar-refractivity contribution >= 4 is 45.2 Å². The van der Waals surface area contributed by atoms with Crippen molar-refractivity contribution in [3.05, 3.63) is 63.9 Å². The monoisotopic (exact) mass is 433 g/mol. The number of halogens is 2. The molecule has 132 valence electrons. The number of hydrogen-bond donors (Lipinski definition) is 1. The van der Waals surface area contributed by atoms with Crippen LogP contribution >= 0.6 is 27.7 Å². The van der Waals surface area contributed by atoms with Crippen LogP contribution in [0.1, 0.15) is 15.9 Å². The van der Waals surface area contributed by atoms with E-state index in [1.165, 1.54) is 28.8 Å². The summed E-state index contributed by atoms with van der Waals surface area (Å²) in [6, 6.07) is 11.8. The molecule has 0 saturated carbocycles. The zero-order valence-electron chi connectivity index (χ0n) is 13.4. The van der Waals surface area contributed by atoms with Crippen LogP contribution in [0.25, 0.3) is 0 Å². The second-order valence-electron chi connectivity index (χ2n) is 5.63. The quantitative estimate of drug-likeness (QED) is 0.801. The minimum atomic E-state index is -0.648. The SMILES string of the molecule is N#Cc1ccc(NC(=O)C2CSCN2C(=O)c2cc(F)cc(Br)c2)cc1. The molecule has 1 fully saturated rings. The van der Waals surface area contributed by atoms with Crippen LogP contribution < -0.4 is 5.32 Å². The lowest BCUT2D eigenvalue weighted by Gasteiger charge is -2.23. The molecule has 0 aromatic heterocycles. The van der Waals surface area contributed by atoms with Gasteiger partial charge in [-0.05, 0) is 42.5 Å². The van der Waals surface area contributed by atoms with E-state index in [1.807, 2.05) is 6.07 Å². The molecule has 2 aromatic rings. The fourth-order valence-corrected chi connectivity index (χ4v) is 4.18. The maximum atomic E-state index is 13.6. The van der Waals surface area contributed by atoms with Gasteiger partial charge in [-0.3, -0.25) is 9.59 Å². The van der Waals surface area contributed by atoms with Crippen molar-refractivity contribution in [3.8, 4) is 6.07 Å². The van der Waals surface area contributed by atoms with Gasteiger partial charge in [0.1, 0.15) is 11.9 Å². The van der Waals surface area contributed by atoms with Crippen LogP contribution in [0.3, 0.4) is 0 Å². The van der Waals surface area contributed by atoms with Crippen LogP contribution in [0, 0.1) is 17.1 Å². The van der Waals surface area contributed by atoms with Gasteiger partial charge in [0.15, 0.2) is 0 Å². The molecule has 2 aromatic carbocycles. The van der Waals surface area contributed by atoms with E-state index < -0.39 is 17.8 Å². The number of nitrogens with zero attached hydrogens (tertiary/aromatic N) is 2. The van der Waals surface area contributed by atoms with Crippen LogP contribution in [0.4, 0.5) is 10.1 Å². The Morgan fingerprint density at radius 2 is 2.00 bits per heavy atom. The molecule has 26 heavy (non-hydrogen) atoms. The van der Waals surface area contributed by atoms with Gasteiger partial charge in [0, 0.05) is 21.5 Å². The fourth-order valence-electron chi connectivity index (χ4n) is 2.56. The van der Waals surface area contributed by atoms with Gasteiger partial charge < -0.3 is 10.2 Å². The van der Waals surface area contributed by atoms with Crippen LogP contribution in [0.2, 0.25) is 0 Å². The molecule has 0 radical (unpaired) electrons. The number of thioether (sulfide) groups is 1. The maximum Gasteiger partial charge on any atom is 0.255 e. The molecule has 1 aliphatic heterocycles. The number of amides is 2. The fraction of sp³-hybridized carbons (Fsp3) is 0.167. The molecular formula is C18H13BrFN3O2S. The minimum absolute atomic E-state index is 0.190. The second-order valence-corrected chi connectivity index (χ2v) is 7.54. The molecule has 8 heteroatoms. The third-order valence-corrected chi connectivity index (χ3v) is 5.31. The van der Waals surface area contributed by atoms with Crippen molar-refractivity contribution in [2.75, 3.05) is 16.9 Å². The molecule has 1 unspecified atom stereocenters. The highest BCUT2D eigenvalue weighted by Crippen LogP contribution is 2.26. The summed E-state index contributed by atoms with van der Waals surface area (Å²) in [5.74, 6) is -0.408. The van der Waals surface area contributed by atoms with Crippen molar-refractivity contribution in [1.29, 1.82) is 5.26 Å². The highest BCUT2D eigenvalue weighted by Gasteiger charge is 2.35. The third kappa shape index (κ3) is 4.06.